The Morgan fingerprint density at radius 1 is 1.47 bits per heavy atom. The monoisotopic (exact) mass is 252 g/mol. The Morgan fingerprint density at radius 3 is 2.71 bits per heavy atom. The molecule has 1 aromatic heterocycles. The Hall–Kier alpha value is -2.08. The predicted molar refractivity (Wildman–Crippen MR) is 64.4 cm³/mol. The molecule has 2 rings (SSSR count). The van der Waals surface area contributed by atoms with Gasteiger partial charge in [0.05, 0.1) is 4.92 Å². The number of nitro groups is 1. The molecule has 2 N–H and O–H groups in total. The molecule has 1 heterocycles. The lowest BCUT2D eigenvalue weighted by molar-refractivity contribution is -0.384. The van der Waals surface area contributed by atoms with Gasteiger partial charge in [-0.3, -0.25) is 10.1 Å². The predicted octanol–water partition coefficient (Wildman–Crippen LogP) is 2.32. The topological polar surface area (TPSA) is 87.0 Å². The van der Waals surface area contributed by atoms with Crippen LogP contribution in [0.4, 0.5) is 11.5 Å². The summed E-state index contributed by atoms with van der Waals surface area (Å²) in [6.45, 7) is 1.77. The molecule has 17 heavy (non-hydrogen) atoms. The molecule has 7 heteroatoms. The lowest BCUT2D eigenvalue weighted by Gasteiger charge is -2.05. The highest BCUT2D eigenvalue weighted by molar-refractivity contribution is 6.30. The zero-order valence-electron chi connectivity index (χ0n) is 8.92. The Bertz CT molecular complexity index is 594. The van der Waals surface area contributed by atoms with Gasteiger partial charge in [-0.2, -0.15) is 5.10 Å². The van der Waals surface area contributed by atoms with Crippen molar-refractivity contribution >= 4 is 23.1 Å². The Labute approximate surface area is 102 Å². The average Bonchev–Trinajstić information content (AvgIpc) is 2.57. The van der Waals surface area contributed by atoms with Gasteiger partial charge in [0.25, 0.3) is 5.69 Å². The molecule has 0 saturated heterocycles. The van der Waals surface area contributed by atoms with Crippen molar-refractivity contribution in [3.05, 3.63) is 45.1 Å². The summed E-state index contributed by atoms with van der Waals surface area (Å²) < 4.78 is 1.42. The molecule has 1 aromatic carbocycles. The number of nitrogens with two attached hydrogens (primary N) is 1. The molecular formula is C10H9ClN4O2. The van der Waals surface area contributed by atoms with Crippen LogP contribution in [0.5, 0.6) is 0 Å². The van der Waals surface area contributed by atoms with Crippen LogP contribution in [0.2, 0.25) is 5.02 Å². The first kappa shape index (κ1) is 11.4. The number of nitrogens with zero attached hydrogens (tertiary/aromatic N) is 3. The molecule has 0 aliphatic heterocycles. The fraction of sp³-hybridized carbons (Fsp3) is 0.100. The highest BCUT2D eigenvalue weighted by Gasteiger charge is 2.18. The zero-order chi connectivity index (χ0) is 12.6. The van der Waals surface area contributed by atoms with E-state index in [1.54, 1.807) is 25.1 Å². The largest absolute Gasteiger partial charge is 0.382 e. The number of aromatic nitrogens is 2. The first-order chi connectivity index (χ1) is 7.99. The van der Waals surface area contributed by atoms with E-state index in [9.17, 15) is 10.1 Å². The third kappa shape index (κ3) is 2.07. The Kier molecular flexibility index (Phi) is 2.72. The summed E-state index contributed by atoms with van der Waals surface area (Å²) in [5.41, 5.74) is 6.49. The molecule has 0 radical (unpaired) electrons. The van der Waals surface area contributed by atoms with E-state index >= 15 is 0 Å². The maximum Gasteiger partial charge on any atom is 0.296 e. The number of hydrogen-bond acceptors (Lipinski definition) is 4. The molecule has 0 unspecified atom stereocenters. The molecule has 0 atom stereocenters. The van der Waals surface area contributed by atoms with E-state index in [1.165, 1.54) is 10.7 Å². The van der Waals surface area contributed by atoms with E-state index in [4.69, 9.17) is 17.3 Å². The van der Waals surface area contributed by atoms with E-state index in [0.29, 0.717) is 22.2 Å². The van der Waals surface area contributed by atoms with Gasteiger partial charge in [-0.05, 0) is 19.1 Å². The van der Waals surface area contributed by atoms with Crippen LogP contribution < -0.4 is 5.73 Å². The third-order valence-electron chi connectivity index (χ3n) is 2.27. The van der Waals surface area contributed by atoms with Crippen molar-refractivity contribution in [1.29, 1.82) is 0 Å². The number of halogens is 1. The van der Waals surface area contributed by atoms with Crippen molar-refractivity contribution in [2.45, 2.75) is 6.92 Å². The number of aryl methyl sites for hydroxylation is 1. The smallest absolute Gasteiger partial charge is 0.296 e. The second-order valence-electron chi connectivity index (χ2n) is 3.51. The first-order valence-electron chi connectivity index (χ1n) is 4.75. The molecule has 88 valence electrons. The standard InChI is InChI=1S/C10H9ClN4O2/c1-6-4-10(12)13-14(6)8-3-2-7(11)5-9(8)15(16)17/h2-5H,1H3,(H2,12,13). The van der Waals surface area contributed by atoms with Gasteiger partial charge >= 0.3 is 0 Å². The fourth-order valence-corrected chi connectivity index (χ4v) is 1.73. The normalized spacial score (nSPS) is 10.5. The van der Waals surface area contributed by atoms with Crippen LogP contribution in [0.15, 0.2) is 24.3 Å². The van der Waals surface area contributed by atoms with Crippen molar-refractivity contribution in [2.75, 3.05) is 5.73 Å². The molecule has 0 saturated carbocycles. The van der Waals surface area contributed by atoms with Gasteiger partial charge in [0, 0.05) is 22.8 Å². The highest BCUT2D eigenvalue weighted by Crippen LogP contribution is 2.27. The van der Waals surface area contributed by atoms with E-state index in [-0.39, 0.29) is 5.69 Å². The molecule has 2 aromatic rings. The van der Waals surface area contributed by atoms with Gasteiger partial charge in [0.2, 0.25) is 0 Å². The summed E-state index contributed by atoms with van der Waals surface area (Å²) in [7, 11) is 0. The van der Waals surface area contributed by atoms with Gasteiger partial charge in [-0.1, -0.05) is 11.6 Å². The average molecular weight is 253 g/mol. The maximum absolute atomic E-state index is 10.9. The van der Waals surface area contributed by atoms with Crippen molar-refractivity contribution < 1.29 is 4.92 Å². The lowest BCUT2D eigenvalue weighted by Crippen LogP contribution is -2.03. The van der Waals surface area contributed by atoms with Crippen LogP contribution >= 0.6 is 11.6 Å². The van der Waals surface area contributed by atoms with Crippen LogP contribution in [0.3, 0.4) is 0 Å². The van der Waals surface area contributed by atoms with E-state index in [2.05, 4.69) is 5.10 Å². The second kappa shape index (κ2) is 4.06. The molecule has 0 bridgehead atoms. The number of nitrogen functional groups attached to an aromatic ring is 1. The fourth-order valence-electron chi connectivity index (χ4n) is 1.56. The molecule has 0 amide bonds. The van der Waals surface area contributed by atoms with Gasteiger partial charge < -0.3 is 5.73 Å². The Morgan fingerprint density at radius 2 is 2.18 bits per heavy atom. The SMILES string of the molecule is Cc1cc(N)nn1-c1ccc(Cl)cc1[N+](=O)[O-]. The summed E-state index contributed by atoms with van der Waals surface area (Å²) in [6.07, 6.45) is 0. The van der Waals surface area contributed by atoms with Crippen molar-refractivity contribution in [3.63, 3.8) is 0 Å². The highest BCUT2D eigenvalue weighted by atomic mass is 35.5. The molecule has 0 spiro atoms. The minimum absolute atomic E-state index is 0.108. The minimum Gasteiger partial charge on any atom is -0.382 e. The number of rotatable bonds is 2. The molecule has 0 fully saturated rings. The zero-order valence-corrected chi connectivity index (χ0v) is 9.68. The number of hydrogen-bond donors (Lipinski definition) is 1. The lowest BCUT2D eigenvalue weighted by atomic mass is 10.2. The molecule has 0 aliphatic carbocycles. The van der Waals surface area contributed by atoms with Crippen LogP contribution in [0.1, 0.15) is 5.69 Å². The van der Waals surface area contributed by atoms with E-state index in [0.717, 1.165) is 0 Å². The first-order valence-corrected chi connectivity index (χ1v) is 5.13. The summed E-state index contributed by atoms with van der Waals surface area (Å²) in [5, 5.41) is 15.2. The van der Waals surface area contributed by atoms with Gasteiger partial charge in [-0.15, -0.1) is 0 Å². The van der Waals surface area contributed by atoms with Crippen molar-refractivity contribution in [3.8, 4) is 5.69 Å². The summed E-state index contributed by atoms with van der Waals surface area (Å²) in [4.78, 5) is 10.4. The maximum atomic E-state index is 10.9. The van der Waals surface area contributed by atoms with E-state index in [1.807, 2.05) is 0 Å². The van der Waals surface area contributed by atoms with Crippen LogP contribution in [-0.4, -0.2) is 14.7 Å². The van der Waals surface area contributed by atoms with Gasteiger partial charge in [0.1, 0.15) is 11.5 Å². The number of benzene rings is 1. The quantitative estimate of drug-likeness (QED) is 0.656. The van der Waals surface area contributed by atoms with Crippen LogP contribution in [0, 0.1) is 17.0 Å². The third-order valence-corrected chi connectivity index (χ3v) is 2.50. The number of nitro benzene ring substituents is 1. The molecule has 6 nitrogen and oxygen atoms in total. The van der Waals surface area contributed by atoms with Gasteiger partial charge in [-0.25, -0.2) is 4.68 Å². The second-order valence-corrected chi connectivity index (χ2v) is 3.95. The molecular weight excluding hydrogens is 244 g/mol. The summed E-state index contributed by atoms with van der Waals surface area (Å²) in [6, 6.07) is 6.04. The van der Waals surface area contributed by atoms with Crippen molar-refractivity contribution in [2.24, 2.45) is 0 Å². The van der Waals surface area contributed by atoms with Crippen LogP contribution in [-0.2, 0) is 0 Å². The van der Waals surface area contributed by atoms with Gasteiger partial charge in [0.15, 0.2) is 0 Å². The minimum atomic E-state index is -0.501. The van der Waals surface area contributed by atoms with Crippen LogP contribution in [0.25, 0.3) is 5.69 Å². The number of anilines is 1. The van der Waals surface area contributed by atoms with E-state index < -0.39 is 4.92 Å². The summed E-state index contributed by atoms with van der Waals surface area (Å²) >= 11 is 5.73. The van der Waals surface area contributed by atoms with Crippen molar-refractivity contribution in [1.82, 2.24) is 9.78 Å². The molecule has 0 aliphatic rings. The summed E-state index contributed by atoms with van der Waals surface area (Å²) in [5.74, 6) is 0.312. The Balaban J connectivity index is 2.67.